The van der Waals surface area contributed by atoms with E-state index in [-0.39, 0.29) is 6.42 Å². The number of aliphatic hydroxyl groups is 7. The molecule has 0 radical (unpaired) electrons. The van der Waals surface area contributed by atoms with Crippen molar-refractivity contribution in [1.29, 1.82) is 0 Å². The summed E-state index contributed by atoms with van der Waals surface area (Å²) in [6.45, 7) is 3.52. The van der Waals surface area contributed by atoms with Crippen molar-refractivity contribution in [3.8, 4) is 0 Å². The van der Waals surface area contributed by atoms with E-state index in [0.29, 0.717) is 19.3 Å². The molecule has 0 aromatic rings. The third-order valence-electron chi connectivity index (χ3n) is 16.9. The molecule has 1 rings (SSSR count). The van der Waals surface area contributed by atoms with Crippen LogP contribution in [0.1, 0.15) is 348 Å². The van der Waals surface area contributed by atoms with Crippen molar-refractivity contribution in [1.82, 2.24) is 5.32 Å². The lowest BCUT2D eigenvalue weighted by atomic mass is 9.98. The first-order valence-electron chi connectivity index (χ1n) is 33.9. The Labute approximate surface area is 475 Å². The topological polar surface area (TPSA) is 189 Å². The Bertz CT molecular complexity index is 1210. The van der Waals surface area contributed by atoms with Crippen molar-refractivity contribution in [2.45, 2.75) is 403 Å². The highest BCUT2D eigenvalue weighted by atomic mass is 16.7. The number of hydrogen-bond acceptors (Lipinski definition) is 10. The minimum atomic E-state index is -1.66. The Morgan fingerprint density at radius 3 is 0.961 bits per heavy atom. The molecule has 0 aliphatic carbocycles. The van der Waals surface area contributed by atoms with Crippen LogP contribution in [0.2, 0.25) is 0 Å². The maximum Gasteiger partial charge on any atom is 0.249 e. The number of carbonyl (C=O) groups is 1. The van der Waals surface area contributed by atoms with Crippen LogP contribution in [-0.2, 0) is 14.3 Å². The molecule has 1 aliphatic heterocycles. The van der Waals surface area contributed by atoms with Crippen LogP contribution in [0.3, 0.4) is 0 Å². The molecule has 9 atom stereocenters. The molecule has 1 aliphatic rings. The zero-order valence-electron chi connectivity index (χ0n) is 50.7. The Hall–Kier alpha value is -0.890. The lowest BCUT2D eigenvalue weighted by Gasteiger charge is -2.40. The first-order valence-corrected chi connectivity index (χ1v) is 33.9. The molecule has 77 heavy (non-hydrogen) atoms. The summed E-state index contributed by atoms with van der Waals surface area (Å²) in [5.41, 5.74) is 0. The second-order valence-electron chi connectivity index (χ2n) is 24.3. The van der Waals surface area contributed by atoms with Crippen LogP contribution in [0.5, 0.6) is 0 Å². The average molecular weight is 1100 g/mol. The van der Waals surface area contributed by atoms with Gasteiger partial charge in [-0.25, -0.2) is 0 Å². The summed E-state index contributed by atoms with van der Waals surface area (Å²) in [6, 6.07) is -1.16. The van der Waals surface area contributed by atoms with Gasteiger partial charge in [-0.05, 0) is 12.8 Å². The predicted molar refractivity (Wildman–Crippen MR) is 321 cm³/mol. The minimum absolute atomic E-state index is 0.267. The van der Waals surface area contributed by atoms with E-state index in [1.165, 1.54) is 270 Å². The summed E-state index contributed by atoms with van der Waals surface area (Å²) in [7, 11) is 0. The molecule has 1 fully saturated rings. The monoisotopic (exact) mass is 1100 g/mol. The van der Waals surface area contributed by atoms with Crippen molar-refractivity contribution in [3.05, 3.63) is 0 Å². The maximum absolute atomic E-state index is 13.2. The number of aliphatic hydroxyl groups excluding tert-OH is 7. The van der Waals surface area contributed by atoms with Crippen molar-refractivity contribution < 1.29 is 50.0 Å². The fraction of sp³-hybridized carbons (Fsp3) is 0.985. The smallest absolute Gasteiger partial charge is 0.249 e. The van der Waals surface area contributed by atoms with Gasteiger partial charge in [0.15, 0.2) is 6.29 Å². The molecule has 8 N–H and O–H groups in total. The highest BCUT2D eigenvalue weighted by Crippen LogP contribution is 2.24. The second kappa shape index (κ2) is 55.6. The molecule has 0 bridgehead atoms. The highest BCUT2D eigenvalue weighted by Gasteiger charge is 2.44. The number of hydrogen-bond donors (Lipinski definition) is 8. The molecular weight excluding hydrogens is 967 g/mol. The van der Waals surface area contributed by atoms with Gasteiger partial charge in [0.05, 0.1) is 25.4 Å². The first kappa shape index (κ1) is 74.1. The predicted octanol–water partition coefficient (Wildman–Crippen LogP) is 15.7. The van der Waals surface area contributed by atoms with E-state index in [9.17, 15) is 40.5 Å². The third-order valence-corrected chi connectivity index (χ3v) is 16.9. The number of nitrogens with one attached hydrogen (secondary N) is 1. The van der Waals surface area contributed by atoms with Gasteiger partial charge in [-0.15, -0.1) is 0 Å². The van der Waals surface area contributed by atoms with Crippen molar-refractivity contribution >= 4 is 5.91 Å². The summed E-state index contributed by atoms with van der Waals surface area (Å²) in [6.07, 6.45) is 54.6. The summed E-state index contributed by atoms with van der Waals surface area (Å²) >= 11 is 0. The Balaban J connectivity index is 2.21. The summed E-state index contributed by atoms with van der Waals surface area (Å²) < 4.78 is 11.2. The second-order valence-corrected chi connectivity index (χ2v) is 24.3. The fourth-order valence-electron chi connectivity index (χ4n) is 11.4. The molecule has 1 amide bonds. The maximum atomic E-state index is 13.2. The van der Waals surface area contributed by atoms with Gasteiger partial charge in [-0.3, -0.25) is 4.79 Å². The van der Waals surface area contributed by atoms with E-state index in [4.69, 9.17) is 9.47 Å². The van der Waals surface area contributed by atoms with Crippen LogP contribution in [0.25, 0.3) is 0 Å². The molecule has 0 spiro atoms. The van der Waals surface area contributed by atoms with Gasteiger partial charge in [0, 0.05) is 0 Å². The molecule has 1 heterocycles. The van der Waals surface area contributed by atoms with Crippen molar-refractivity contribution in [2.75, 3.05) is 13.2 Å². The largest absolute Gasteiger partial charge is 0.394 e. The Morgan fingerprint density at radius 1 is 0.403 bits per heavy atom. The van der Waals surface area contributed by atoms with Gasteiger partial charge in [0.25, 0.3) is 0 Å². The molecule has 11 heteroatoms. The minimum Gasteiger partial charge on any atom is -0.394 e. The number of amides is 1. The lowest BCUT2D eigenvalue weighted by molar-refractivity contribution is -0.303. The van der Waals surface area contributed by atoms with Gasteiger partial charge in [-0.1, -0.05) is 335 Å². The number of carbonyl (C=O) groups excluding carboxylic acids is 1. The Kier molecular flexibility index (Phi) is 53.6. The molecule has 0 aromatic heterocycles. The molecule has 9 unspecified atom stereocenters. The number of unbranched alkanes of at least 4 members (excludes halogenated alkanes) is 48. The normalized spacial score (nSPS) is 19.4. The lowest BCUT2D eigenvalue weighted by Crippen LogP contribution is -2.60. The van der Waals surface area contributed by atoms with E-state index in [1.807, 2.05) is 0 Å². The van der Waals surface area contributed by atoms with Crippen molar-refractivity contribution in [2.24, 2.45) is 0 Å². The zero-order chi connectivity index (χ0) is 56.1. The molecule has 0 saturated carbocycles. The third kappa shape index (κ3) is 43.5. The van der Waals surface area contributed by atoms with Crippen LogP contribution in [0, 0.1) is 0 Å². The number of ether oxygens (including phenoxy) is 2. The average Bonchev–Trinajstić information content (AvgIpc) is 3.43. The van der Waals surface area contributed by atoms with Gasteiger partial charge < -0.3 is 50.5 Å². The van der Waals surface area contributed by atoms with Crippen LogP contribution in [0.4, 0.5) is 0 Å². The molecular formula is C66H131NO10. The van der Waals surface area contributed by atoms with Crippen LogP contribution in [0.15, 0.2) is 0 Å². The van der Waals surface area contributed by atoms with Gasteiger partial charge >= 0.3 is 0 Å². The SMILES string of the molecule is CCCCCCCCCCCCCCCCCCCCCCCCCCCCCC(O)C(O)C(COC1OC(CO)C(O)C(O)C1O)NC(=O)C(O)CCCCCCCCCCCCCCCCCCCCCCCCC. The van der Waals surface area contributed by atoms with Crippen molar-refractivity contribution in [3.63, 3.8) is 0 Å². The van der Waals surface area contributed by atoms with E-state index < -0.39 is 74.2 Å². The van der Waals surface area contributed by atoms with Gasteiger partial charge in [0.2, 0.25) is 5.91 Å². The Morgan fingerprint density at radius 2 is 0.675 bits per heavy atom. The van der Waals surface area contributed by atoms with Gasteiger partial charge in [-0.2, -0.15) is 0 Å². The number of rotatable bonds is 60. The molecule has 11 nitrogen and oxygen atoms in total. The van der Waals surface area contributed by atoms with E-state index >= 15 is 0 Å². The first-order chi connectivity index (χ1) is 37.7. The van der Waals surface area contributed by atoms with Crippen LogP contribution >= 0.6 is 0 Å². The standard InChI is InChI=1S/C66H131NO10/c1-3-5-7-9-11-13-15-17-19-21-23-25-27-28-29-30-32-33-35-37-39-41-43-45-47-49-51-53-58(69)61(71)57(56-76-66-64(74)63(73)62(72)60(55-68)77-66)67-65(75)59(70)54-52-50-48-46-44-42-40-38-36-34-31-26-24-22-20-18-16-14-12-10-8-6-4-2/h57-64,66,68-74H,3-56H2,1-2H3,(H,67,75). The fourth-order valence-corrected chi connectivity index (χ4v) is 11.4. The zero-order valence-corrected chi connectivity index (χ0v) is 50.7. The van der Waals surface area contributed by atoms with Crippen LogP contribution < -0.4 is 5.32 Å². The van der Waals surface area contributed by atoms with Crippen LogP contribution in [-0.4, -0.2) is 110 Å². The quantitative estimate of drug-likeness (QED) is 0.0272. The van der Waals surface area contributed by atoms with E-state index in [2.05, 4.69) is 19.2 Å². The summed E-state index contributed by atoms with van der Waals surface area (Å²) in [5.74, 6) is -0.687. The summed E-state index contributed by atoms with van der Waals surface area (Å²) in [4.78, 5) is 13.2. The molecule has 0 aromatic carbocycles. The molecule has 1 saturated heterocycles. The van der Waals surface area contributed by atoms with E-state index in [0.717, 1.165) is 38.5 Å². The molecule has 460 valence electrons. The van der Waals surface area contributed by atoms with Gasteiger partial charge in [0.1, 0.15) is 36.6 Å². The summed E-state index contributed by atoms with van der Waals surface area (Å²) in [5, 5.41) is 76.5. The highest BCUT2D eigenvalue weighted by molar-refractivity contribution is 5.80. The van der Waals surface area contributed by atoms with E-state index in [1.54, 1.807) is 0 Å².